The number of nitrogens with one attached hydrogen (secondary N) is 1. The lowest BCUT2D eigenvalue weighted by molar-refractivity contribution is -0.00579. The zero-order valence-electron chi connectivity index (χ0n) is 9.00. The molecule has 2 fully saturated rings. The molecular formula is C11H21NO2. The second-order valence-corrected chi connectivity index (χ2v) is 4.42. The summed E-state index contributed by atoms with van der Waals surface area (Å²) < 4.78 is 10.9. The van der Waals surface area contributed by atoms with Crippen molar-refractivity contribution in [2.24, 2.45) is 0 Å². The Kier molecular flexibility index (Phi) is 3.79. The summed E-state index contributed by atoms with van der Waals surface area (Å²) in [6, 6.07) is 0.672. The van der Waals surface area contributed by atoms with Crippen LogP contribution in [0.3, 0.4) is 0 Å². The predicted octanol–water partition coefficient (Wildman–Crippen LogP) is 1.32. The molecule has 0 aromatic heterocycles. The standard InChI is InChI=1S/C11H21NO2/c1-13-11-6-9(7-11)12-8-10-4-2-3-5-14-10/h9-12H,2-8H2,1H3. The Labute approximate surface area is 86.2 Å². The van der Waals surface area contributed by atoms with Crippen molar-refractivity contribution in [3.63, 3.8) is 0 Å². The first-order chi connectivity index (χ1) is 6.88. The minimum Gasteiger partial charge on any atom is -0.381 e. The lowest BCUT2D eigenvalue weighted by Gasteiger charge is -2.36. The number of hydrogen-bond acceptors (Lipinski definition) is 3. The molecule has 14 heavy (non-hydrogen) atoms. The third-order valence-corrected chi connectivity index (χ3v) is 3.34. The maximum absolute atomic E-state index is 5.66. The van der Waals surface area contributed by atoms with E-state index in [1.807, 2.05) is 0 Å². The van der Waals surface area contributed by atoms with Crippen LogP contribution < -0.4 is 5.32 Å². The van der Waals surface area contributed by atoms with E-state index in [1.165, 1.54) is 32.1 Å². The second kappa shape index (κ2) is 5.10. The van der Waals surface area contributed by atoms with Gasteiger partial charge in [0.25, 0.3) is 0 Å². The van der Waals surface area contributed by atoms with Gasteiger partial charge in [-0.2, -0.15) is 0 Å². The average Bonchev–Trinajstić information content (AvgIpc) is 2.17. The van der Waals surface area contributed by atoms with Crippen LogP contribution in [0.1, 0.15) is 32.1 Å². The fraction of sp³-hybridized carbons (Fsp3) is 1.00. The molecule has 82 valence electrons. The number of rotatable bonds is 4. The van der Waals surface area contributed by atoms with Gasteiger partial charge in [-0.15, -0.1) is 0 Å². The van der Waals surface area contributed by atoms with Gasteiger partial charge in [0.15, 0.2) is 0 Å². The first-order valence-electron chi connectivity index (χ1n) is 5.76. The highest BCUT2D eigenvalue weighted by atomic mass is 16.5. The monoisotopic (exact) mass is 199 g/mol. The molecule has 3 heteroatoms. The zero-order chi connectivity index (χ0) is 9.80. The van der Waals surface area contributed by atoms with Crippen LogP contribution in [0.4, 0.5) is 0 Å². The van der Waals surface area contributed by atoms with Crippen LogP contribution in [0.5, 0.6) is 0 Å². The molecule has 1 N–H and O–H groups in total. The topological polar surface area (TPSA) is 30.5 Å². The lowest BCUT2D eigenvalue weighted by atomic mass is 9.89. The Morgan fingerprint density at radius 1 is 1.36 bits per heavy atom. The van der Waals surface area contributed by atoms with Gasteiger partial charge < -0.3 is 14.8 Å². The van der Waals surface area contributed by atoms with E-state index in [-0.39, 0.29) is 0 Å². The Morgan fingerprint density at radius 3 is 2.86 bits per heavy atom. The first kappa shape index (κ1) is 10.4. The Hall–Kier alpha value is -0.120. The summed E-state index contributed by atoms with van der Waals surface area (Å²) >= 11 is 0. The summed E-state index contributed by atoms with van der Waals surface area (Å²) in [7, 11) is 1.80. The molecule has 2 aliphatic rings. The van der Waals surface area contributed by atoms with Crippen molar-refractivity contribution in [1.82, 2.24) is 5.32 Å². The Bertz CT molecular complexity index is 163. The highest BCUT2D eigenvalue weighted by Gasteiger charge is 2.29. The van der Waals surface area contributed by atoms with E-state index in [0.29, 0.717) is 18.2 Å². The number of methoxy groups -OCH3 is 1. The summed E-state index contributed by atoms with van der Waals surface area (Å²) in [5, 5.41) is 3.55. The van der Waals surface area contributed by atoms with Crippen LogP contribution in [-0.4, -0.2) is 38.5 Å². The minimum absolute atomic E-state index is 0.463. The Balaban J connectivity index is 1.54. The fourth-order valence-corrected chi connectivity index (χ4v) is 2.19. The molecule has 2 rings (SSSR count). The van der Waals surface area contributed by atoms with E-state index < -0.39 is 0 Å². The van der Waals surface area contributed by atoms with Crippen molar-refractivity contribution in [1.29, 1.82) is 0 Å². The fourth-order valence-electron chi connectivity index (χ4n) is 2.19. The van der Waals surface area contributed by atoms with Crippen LogP contribution in [0.2, 0.25) is 0 Å². The summed E-state index contributed by atoms with van der Waals surface area (Å²) in [5.74, 6) is 0. The Morgan fingerprint density at radius 2 is 2.21 bits per heavy atom. The molecule has 1 aliphatic carbocycles. The molecule has 0 aromatic carbocycles. The lowest BCUT2D eigenvalue weighted by Crippen LogP contribution is -2.48. The van der Waals surface area contributed by atoms with E-state index in [2.05, 4.69) is 5.32 Å². The third kappa shape index (κ3) is 2.69. The van der Waals surface area contributed by atoms with Gasteiger partial charge >= 0.3 is 0 Å². The van der Waals surface area contributed by atoms with Crippen molar-refractivity contribution in [3.05, 3.63) is 0 Å². The van der Waals surface area contributed by atoms with Crippen LogP contribution in [0.25, 0.3) is 0 Å². The van der Waals surface area contributed by atoms with Gasteiger partial charge in [-0.1, -0.05) is 0 Å². The number of ether oxygens (including phenoxy) is 2. The summed E-state index contributed by atoms with van der Waals surface area (Å²) in [6.07, 6.45) is 7.11. The maximum Gasteiger partial charge on any atom is 0.0699 e. The average molecular weight is 199 g/mol. The SMILES string of the molecule is COC1CC(NCC2CCCCO2)C1. The zero-order valence-corrected chi connectivity index (χ0v) is 9.00. The van der Waals surface area contributed by atoms with Gasteiger partial charge in [-0.25, -0.2) is 0 Å². The third-order valence-electron chi connectivity index (χ3n) is 3.34. The van der Waals surface area contributed by atoms with Gasteiger partial charge in [0, 0.05) is 26.3 Å². The molecule has 0 bridgehead atoms. The predicted molar refractivity (Wildman–Crippen MR) is 55.4 cm³/mol. The van der Waals surface area contributed by atoms with E-state index in [1.54, 1.807) is 7.11 Å². The molecule has 1 saturated heterocycles. The highest BCUT2D eigenvalue weighted by Crippen LogP contribution is 2.22. The molecule has 1 aliphatic heterocycles. The van der Waals surface area contributed by atoms with Crippen LogP contribution in [0, 0.1) is 0 Å². The molecule has 3 nitrogen and oxygen atoms in total. The second-order valence-electron chi connectivity index (χ2n) is 4.42. The summed E-state index contributed by atoms with van der Waals surface area (Å²) in [4.78, 5) is 0. The highest BCUT2D eigenvalue weighted by molar-refractivity contribution is 4.86. The quantitative estimate of drug-likeness (QED) is 0.741. The molecule has 1 saturated carbocycles. The van der Waals surface area contributed by atoms with Crippen molar-refractivity contribution >= 4 is 0 Å². The molecular weight excluding hydrogens is 178 g/mol. The molecule has 0 aromatic rings. The van der Waals surface area contributed by atoms with E-state index in [0.717, 1.165) is 13.2 Å². The largest absolute Gasteiger partial charge is 0.381 e. The van der Waals surface area contributed by atoms with Crippen molar-refractivity contribution in [2.45, 2.75) is 50.4 Å². The van der Waals surface area contributed by atoms with Gasteiger partial charge in [-0.3, -0.25) is 0 Å². The normalized spacial score (nSPS) is 37.9. The molecule has 0 radical (unpaired) electrons. The smallest absolute Gasteiger partial charge is 0.0699 e. The van der Waals surface area contributed by atoms with Gasteiger partial charge in [-0.05, 0) is 32.1 Å². The van der Waals surface area contributed by atoms with Gasteiger partial charge in [0.2, 0.25) is 0 Å². The van der Waals surface area contributed by atoms with Crippen molar-refractivity contribution in [3.8, 4) is 0 Å². The number of hydrogen-bond donors (Lipinski definition) is 1. The van der Waals surface area contributed by atoms with E-state index in [9.17, 15) is 0 Å². The molecule has 1 heterocycles. The van der Waals surface area contributed by atoms with Crippen molar-refractivity contribution in [2.75, 3.05) is 20.3 Å². The molecule has 0 amide bonds. The summed E-state index contributed by atoms with van der Waals surface area (Å²) in [6.45, 7) is 1.98. The minimum atomic E-state index is 0.463. The summed E-state index contributed by atoms with van der Waals surface area (Å²) in [5.41, 5.74) is 0. The van der Waals surface area contributed by atoms with E-state index >= 15 is 0 Å². The van der Waals surface area contributed by atoms with Crippen LogP contribution in [0.15, 0.2) is 0 Å². The molecule has 1 atom stereocenters. The molecule has 0 spiro atoms. The first-order valence-corrected chi connectivity index (χ1v) is 5.76. The van der Waals surface area contributed by atoms with Gasteiger partial charge in [0.1, 0.15) is 0 Å². The van der Waals surface area contributed by atoms with E-state index in [4.69, 9.17) is 9.47 Å². The van der Waals surface area contributed by atoms with Crippen LogP contribution >= 0.6 is 0 Å². The van der Waals surface area contributed by atoms with Crippen LogP contribution in [-0.2, 0) is 9.47 Å². The molecule has 1 unspecified atom stereocenters. The maximum atomic E-state index is 5.66. The van der Waals surface area contributed by atoms with Gasteiger partial charge in [0.05, 0.1) is 12.2 Å². The van der Waals surface area contributed by atoms with Crippen molar-refractivity contribution < 1.29 is 9.47 Å².